The molecule has 204 valence electrons. The van der Waals surface area contributed by atoms with Gasteiger partial charge in [0.15, 0.2) is 6.61 Å². The van der Waals surface area contributed by atoms with Crippen molar-refractivity contribution >= 4 is 40.9 Å². The number of carbonyl (C=O) groups excluding carboxylic acids is 1. The van der Waals surface area contributed by atoms with Crippen LogP contribution in [-0.4, -0.2) is 58.6 Å². The van der Waals surface area contributed by atoms with Crippen LogP contribution in [0, 0.1) is 0 Å². The number of benzene rings is 2. The predicted molar refractivity (Wildman–Crippen MR) is 147 cm³/mol. The average Bonchev–Trinajstić information content (AvgIpc) is 3.60. The van der Waals surface area contributed by atoms with Crippen molar-refractivity contribution in [2.75, 3.05) is 25.1 Å². The quantitative estimate of drug-likeness (QED) is 0.291. The maximum absolute atomic E-state index is 12.8. The van der Waals surface area contributed by atoms with E-state index in [2.05, 4.69) is 15.2 Å². The highest BCUT2D eigenvalue weighted by Gasteiger charge is 2.50. The summed E-state index contributed by atoms with van der Waals surface area (Å²) in [5.74, 6) is 0.252. The van der Waals surface area contributed by atoms with E-state index in [-0.39, 0.29) is 37.6 Å². The summed E-state index contributed by atoms with van der Waals surface area (Å²) >= 11 is 0. The molecule has 0 saturated heterocycles. The van der Waals surface area contributed by atoms with Crippen molar-refractivity contribution in [3.05, 3.63) is 54.2 Å². The first-order chi connectivity index (χ1) is 17.9. The monoisotopic (exact) mass is 543 g/mol. The van der Waals surface area contributed by atoms with Gasteiger partial charge in [-0.15, -0.1) is 12.4 Å². The Hall–Kier alpha value is -3.27. The number of halogens is 1. The normalized spacial score (nSPS) is 17.1. The molecule has 9 nitrogen and oxygen atoms in total. The second-order valence-corrected chi connectivity index (χ2v) is 10.0. The Bertz CT molecular complexity index is 1300. The standard InChI is InChI=1S/C28H33N3O6.ClH/c1-18(15-31-13-10-20-22(31)7-5-8-23(20)37-17-25(33)34)29-14-19(32)16-36-24-9-4-6-21-26(24)28(27(35)30-21)11-2-3-12-28;/h4-10,13,18-19,29,32H,2-3,11-12,14-17H2,1H3,(H,30,35)(H,33,34);1H/t18-,19+;/m1./s1. The molecule has 38 heavy (non-hydrogen) atoms. The summed E-state index contributed by atoms with van der Waals surface area (Å²) in [4.78, 5) is 23.6. The molecule has 4 N–H and O–H groups in total. The van der Waals surface area contributed by atoms with Gasteiger partial charge in [0.25, 0.3) is 0 Å². The fourth-order valence-electron chi connectivity index (χ4n) is 5.62. The van der Waals surface area contributed by atoms with Crippen molar-refractivity contribution < 1.29 is 29.3 Å². The molecule has 2 atom stereocenters. The Kier molecular flexibility index (Phi) is 8.50. The molecular weight excluding hydrogens is 510 g/mol. The van der Waals surface area contributed by atoms with Crippen molar-refractivity contribution in [1.29, 1.82) is 0 Å². The lowest BCUT2D eigenvalue weighted by atomic mass is 9.79. The van der Waals surface area contributed by atoms with Gasteiger partial charge in [-0.1, -0.05) is 25.0 Å². The van der Waals surface area contributed by atoms with Gasteiger partial charge in [0, 0.05) is 42.0 Å². The van der Waals surface area contributed by atoms with Crippen molar-refractivity contribution in [2.45, 2.75) is 56.7 Å². The molecule has 0 unspecified atom stereocenters. The Morgan fingerprint density at radius 1 is 1.13 bits per heavy atom. The minimum Gasteiger partial charge on any atom is -0.490 e. The largest absolute Gasteiger partial charge is 0.490 e. The number of amides is 1. The van der Waals surface area contributed by atoms with E-state index in [0.717, 1.165) is 47.8 Å². The summed E-state index contributed by atoms with van der Waals surface area (Å²) in [7, 11) is 0. The fourth-order valence-corrected chi connectivity index (χ4v) is 5.62. The van der Waals surface area contributed by atoms with E-state index < -0.39 is 17.5 Å². The maximum atomic E-state index is 12.8. The molecule has 2 heterocycles. The predicted octanol–water partition coefficient (Wildman–Crippen LogP) is 3.71. The first-order valence-electron chi connectivity index (χ1n) is 12.8. The van der Waals surface area contributed by atoms with Gasteiger partial charge in [-0.2, -0.15) is 0 Å². The summed E-state index contributed by atoms with van der Waals surface area (Å²) in [6, 6.07) is 13.2. The lowest BCUT2D eigenvalue weighted by Crippen LogP contribution is -2.38. The molecule has 1 fully saturated rings. The molecular formula is C28H34ClN3O6. The van der Waals surface area contributed by atoms with Crippen molar-refractivity contribution in [3.63, 3.8) is 0 Å². The highest BCUT2D eigenvalue weighted by atomic mass is 35.5. The van der Waals surface area contributed by atoms with Gasteiger partial charge >= 0.3 is 5.97 Å². The molecule has 2 aliphatic rings. The van der Waals surface area contributed by atoms with Crippen LogP contribution in [0.4, 0.5) is 5.69 Å². The van der Waals surface area contributed by atoms with Crippen LogP contribution in [0.2, 0.25) is 0 Å². The number of aromatic nitrogens is 1. The third-order valence-corrected chi connectivity index (χ3v) is 7.37. The first kappa shape index (κ1) is 27.8. The number of rotatable bonds is 11. The lowest BCUT2D eigenvalue weighted by Gasteiger charge is -2.24. The zero-order valence-electron chi connectivity index (χ0n) is 21.3. The molecule has 5 rings (SSSR count). The van der Waals surface area contributed by atoms with E-state index in [0.29, 0.717) is 24.6 Å². The molecule has 1 saturated carbocycles. The summed E-state index contributed by atoms with van der Waals surface area (Å²) < 4.78 is 13.5. The number of aliphatic hydroxyl groups is 1. The molecule has 1 aliphatic carbocycles. The highest BCUT2D eigenvalue weighted by molar-refractivity contribution is 6.07. The van der Waals surface area contributed by atoms with Crippen molar-refractivity contribution in [1.82, 2.24) is 9.88 Å². The van der Waals surface area contributed by atoms with Gasteiger partial charge in [0.05, 0.1) is 10.9 Å². The maximum Gasteiger partial charge on any atom is 0.341 e. The van der Waals surface area contributed by atoms with Crippen LogP contribution in [0.1, 0.15) is 38.2 Å². The second-order valence-electron chi connectivity index (χ2n) is 10.0. The molecule has 1 amide bonds. The smallest absolute Gasteiger partial charge is 0.341 e. The lowest BCUT2D eigenvalue weighted by molar-refractivity contribution is -0.139. The molecule has 0 bridgehead atoms. The van der Waals surface area contributed by atoms with Gasteiger partial charge in [-0.05, 0) is 50.1 Å². The number of carboxylic acid groups (broad SMARTS) is 1. The van der Waals surface area contributed by atoms with Crippen LogP contribution < -0.4 is 20.1 Å². The molecule has 1 aliphatic heterocycles. The first-order valence-corrected chi connectivity index (χ1v) is 12.8. The van der Waals surface area contributed by atoms with Gasteiger partial charge in [0.1, 0.15) is 24.2 Å². The number of nitrogens with zero attached hydrogens (tertiary/aromatic N) is 1. The second kappa shape index (κ2) is 11.6. The molecule has 1 aromatic heterocycles. The van der Waals surface area contributed by atoms with Crippen molar-refractivity contribution in [3.8, 4) is 11.5 Å². The van der Waals surface area contributed by atoms with Gasteiger partial charge in [-0.25, -0.2) is 4.79 Å². The number of carbonyl (C=O) groups is 2. The van der Waals surface area contributed by atoms with E-state index >= 15 is 0 Å². The number of anilines is 1. The Balaban J connectivity index is 0.00000336. The zero-order chi connectivity index (χ0) is 26.0. The van der Waals surface area contributed by atoms with E-state index in [1.807, 2.05) is 49.5 Å². The minimum atomic E-state index is -1.02. The number of aliphatic carboxylic acids is 1. The van der Waals surface area contributed by atoms with Crippen LogP contribution in [0.15, 0.2) is 48.7 Å². The SMILES string of the molecule is C[C@H](Cn1ccc2c(OCC(=O)O)cccc21)NC[C@H](O)COc1cccc2c1C1(CCCC1)C(=O)N2.Cl. The van der Waals surface area contributed by atoms with E-state index in [1.165, 1.54) is 0 Å². The van der Waals surface area contributed by atoms with Crippen LogP contribution in [-0.2, 0) is 21.5 Å². The van der Waals surface area contributed by atoms with Gasteiger partial charge in [-0.3, -0.25) is 4.79 Å². The summed E-state index contributed by atoms with van der Waals surface area (Å²) in [5.41, 5.74) is 2.21. The van der Waals surface area contributed by atoms with E-state index in [9.17, 15) is 14.7 Å². The number of nitrogens with one attached hydrogen (secondary N) is 2. The molecule has 1 spiro atoms. The number of carboxylic acids is 1. The molecule has 2 aromatic carbocycles. The Morgan fingerprint density at radius 3 is 2.63 bits per heavy atom. The zero-order valence-corrected chi connectivity index (χ0v) is 22.1. The number of aliphatic hydroxyl groups excluding tert-OH is 1. The minimum absolute atomic E-state index is 0. The highest BCUT2D eigenvalue weighted by Crippen LogP contribution is 2.52. The van der Waals surface area contributed by atoms with E-state index in [4.69, 9.17) is 14.6 Å². The summed E-state index contributed by atoms with van der Waals surface area (Å²) in [5, 5.41) is 26.7. The third-order valence-electron chi connectivity index (χ3n) is 7.37. The van der Waals surface area contributed by atoms with Crippen molar-refractivity contribution in [2.24, 2.45) is 0 Å². The molecule has 3 aromatic rings. The van der Waals surface area contributed by atoms with Crippen LogP contribution >= 0.6 is 12.4 Å². The number of fused-ring (bicyclic) bond motifs is 3. The van der Waals surface area contributed by atoms with E-state index in [1.54, 1.807) is 6.07 Å². The van der Waals surface area contributed by atoms with Gasteiger partial charge in [0.2, 0.25) is 5.91 Å². The Morgan fingerprint density at radius 2 is 1.87 bits per heavy atom. The number of hydrogen-bond donors (Lipinski definition) is 4. The fraction of sp³-hybridized carbons (Fsp3) is 0.429. The molecule has 10 heteroatoms. The number of hydrogen-bond acceptors (Lipinski definition) is 6. The third kappa shape index (κ3) is 5.45. The van der Waals surface area contributed by atoms with Crippen LogP contribution in [0.5, 0.6) is 11.5 Å². The van der Waals surface area contributed by atoms with Gasteiger partial charge < -0.3 is 34.9 Å². The summed E-state index contributed by atoms with van der Waals surface area (Å²) in [6.45, 7) is 2.78. The summed E-state index contributed by atoms with van der Waals surface area (Å²) in [6.07, 6.45) is 4.93. The number of ether oxygens (including phenoxy) is 2. The molecule has 0 radical (unpaired) electrons. The van der Waals surface area contributed by atoms with Crippen LogP contribution in [0.25, 0.3) is 10.9 Å². The Labute approximate surface area is 227 Å². The average molecular weight is 544 g/mol. The topological polar surface area (TPSA) is 122 Å². The van der Waals surface area contributed by atoms with Crippen LogP contribution in [0.3, 0.4) is 0 Å².